The SMILES string of the molecule is CCCOC(C)COC(C)=O. The maximum absolute atomic E-state index is 10.3. The summed E-state index contributed by atoms with van der Waals surface area (Å²) in [7, 11) is 0. The van der Waals surface area contributed by atoms with Crippen LogP contribution in [0.25, 0.3) is 0 Å². The molecular formula is C8H16O3. The van der Waals surface area contributed by atoms with E-state index in [0.29, 0.717) is 6.61 Å². The molecule has 0 aliphatic rings. The van der Waals surface area contributed by atoms with Crippen molar-refractivity contribution < 1.29 is 14.3 Å². The lowest BCUT2D eigenvalue weighted by Crippen LogP contribution is -2.18. The lowest BCUT2D eigenvalue weighted by molar-refractivity contribution is -0.144. The number of hydrogen-bond acceptors (Lipinski definition) is 3. The average Bonchev–Trinajstić information content (AvgIpc) is 1.97. The van der Waals surface area contributed by atoms with E-state index in [1.54, 1.807) is 0 Å². The molecule has 0 saturated carbocycles. The third-order valence-corrected chi connectivity index (χ3v) is 1.13. The van der Waals surface area contributed by atoms with Crippen molar-refractivity contribution >= 4 is 5.97 Å². The summed E-state index contributed by atoms with van der Waals surface area (Å²) in [5, 5.41) is 0. The number of hydrogen-bond donors (Lipinski definition) is 0. The van der Waals surface area contributed by atoms with Crippen molar-refractivity contribution in [2.75, 3.05) is 13.2 Å². The summed E-state index contributed by atoms with van der Waals surface area (Å²) in [5.41, 5.74) is 0. The molecular weight excluding hydrogens is 144 g/mol. The Morgan fingerprint density at radius 2 is 2.18 bits per heavy atom. The van der Waals surface area contributed by atoms with E-state index < -0.39 is 0 Å². The first-order chi connectivity index (χ1) is 5.16. The number of ether oxygens (including phenoxy) is 2. The Labute approximate surface area is 67.7 Å². The van der Waals surface area contributed by atoms with Crippen molar-refractivity contribution in [3.63, 3.8) is 0 Å². The minimum atomic E-state index is -0.253. The molecule has 0 rings (SSSR count). The van der Waals surface area contributed by atoms with Crippen LogP contribution in [0.4, 0.5) is 0 Å². The fraction of sp³-hybridized carbons (Fsp3) is 0.875. The molecule has 3 heteroatoms. The molecule has 0 amide bonds. The number of carbonyl (C=O) groups is 1. The molecule has 3 nitrogen and oxygen atoms in total. The minimum absolute atomic E-state index is 0.0128. The topological polar surface area (TPSA) is 35.5 Å². The first kappa shape index (κ1) is 10.4. The Balaban J connectivity index is 3.22. The first-order valence-electron chi connectivity index (χ1n) is 3.91. The molecule has 0 heterocycles. The molecule has 0 fully saturated rings. The normalized spacial score (nSPS) is 12.6. The lowest BCUT2D eigenvalue weighted by atomic mass is 10.4. The quantitative estimate of drug-likeness (QED) is 0.570. The molecule has 0 aliphatic heterocycles. The molecule has 0 saturated heterocycles. The second-order valence-electron chi connectivity index (χ2n) is 2.48. The van der Waals surface area contributed by atoms with Gasteiger partial charge in [-0.1, -0.05) is 6.92 Å². The summed E-state index contributed by atoms with van der Waals surface area (Å²) in [6.07, 6.45) is 1.00. The van der Waals surface area contributed by atoms with Gasteiger partial charge in [-0.25, -0.2) is 0 Å². The standard InChI is InChI=1S/C8H16O3/c1-4-5-10-7(2)6-11-8(3)9/h7H,4-6H2,1-3H3. The highest BCUT2D eigenvalue weighted by atomic mass is 16.6. The molecule has 0 aromatic rings. The van der Waals surface area contributed by atoms with Crippen molar-refractivity contribution in [1.29, 1.82) is 0 Å². The molecule has 66 valence electrons. The minimum Gasteiger partial charge on any atom is -0.463 e. The molecule has 0 radical (unpaired) electrons. The van der Waals surface area contributed by atoms with Gasteiger partial charge in [0.2, 0.25) is 0 Å². The smallest absolute Gasteiger partial charge is 0.302 e. The molecule has 0 aromatic carbocycles. The molecule has 0 aromatic heterocycles. The summed E-state index contributed by atoms with van der Waals surface area (Å²) in [6, 6.07) is 0. The summed E-state index contributed by atoms with van der Waals surface area (Å²) >= 11 is 0. The second kappa shape index (κ2) is 6.16. The molecule has 11 heavy (non-hydrogen) atoms. The molecule has 1 unspecified atom stereocenters. The van der Waals surface area contributed by atoms with Crippen LogP contribution in [0.2, 0.25) is 0 Å². The van der Waals surface area contributed by atoms with Gasteiger partial charge in [0.05, 0.1) is 6.10 Å². The summed E-state index contributed by atoms with van der Waals surface area (Å²) in [5.74, 6) is -0.253. The number of carbonyl (C=O) groups excluding carboxylic acids is 1. The Morgan fingerprint density at radius 1 is 1.55 bits per heavy atom. The highest BCUT2D eigenvalue weighted by Crippen LogP contribution is 1.93. The van der Waals surface area contributed by atoms with E-state index in [1.807, 2.05) is 13.8 Å². The van der Waals surface area contributed by atoms with Crippen LogP contribution in [0.15, 0.2) is 0 Å². The van der Waals surface area contributed by atoms with Gasteiger partial charge in [0, 0.05) is 13.5 Å². The van der Waals surface area contributed by atoms with E-state index in [2.05, 4.69) is 0 Å². The molecule has 0 bridgehead atoms. The van der Waals surface area contributed by atoms with Crippen LogP contribution in [0.5, 0.6) is 0 Å². The Morgan fingerprint density at radius 3 is 2.64 bits per heavy atom. The van der Waals surface area contributed by atoms with E-state index in [0.717, 1.165) is 13.0 Å². The van der Waals surface area contributed by atoms with Crippen LogP contribution in [-0.2, 0) is 14.3 Å². The third kappa shape index (κ3) is 7.33. The molecule has 0 aliphatic carbocycles. The van der Waals surface area contributed by atoms with E-state index in [1.165, 1.54) is 6.92 Å². The Hall–Kier alpha value is -0.570. The molecule has 0 N–H and O–H groups in total. The van der Waals surface area contributed by atoms with Gasteiger partial charge in [-0.3, -0.25) is 4.79 Å². The van der Waals surface area contributed by atoms with E-state index in [9.17, 15) is 4.79 Å². The van der Waals surface area contributed by atoms with Crippen molar-refractivity contribution in [1.82, 2.24) is 0 Å². The van der Waals surface area contributed by atoms with Gasteiger partial charge in [-0.2, -0.15) is 0 Å². The van der Waals surface area contributed by atoms with Crippen LogP contribution in [-0.4, -0.2) is 25.3 Å². The number of esters is 1. The highest BCUT2D eigenvalue weighted by Gasteiger charge is 2.02. The van der Waals surface area contributed by atoms with Gasteiger partial charge >= 0.3 is 5.97 Å². The van der Waals surface area contributed by atoms with Crippen LogP contribution in [0, 0.1) is 0 Å². The molecule has 1 atom stereocenters. The van der Waals surface area contributed by atoms with Gasteiger partial charge in [0.15, 0.2) is 0 Å². The van der Waals surface area contributed by atoms with Crippen molar-refractivity contribution in [3.05, 3.63) is 0 Å². The van der Waals surface area contributed by atoms with Gasteiger partial charge in [0.1, 0.15) is 6.61 Å². The van der Waals surface area contributed by atoms with Crippen LogP contribution in [0.3, 0.4) is 0 Å². The Kier molecular flexibility index (Phi) is 5.84. The van der Waals surface area contributed by atoms with Gasteiger partial charge in [0.25, 0.3) is 0 Å². The second-order valence-corrected chi connectivity index (χ2v) is 2.48. The fourth-order valence-corrected chi connectivity index (χ4v) is 0.602. The molecule has 0 spiro atoms. The monoisotopic (exact) mass is 160 g/mol. The zero-order valence-corrected chi connectivity index (χ0v) is 7.42. The highest BCUT2D eigenvalue weighted by molar-refractivity contribution is 5.65. The summed E-state index contributed by atoms with van der Waals surface area (Å²) in [4.78, 5) is 10.3. The van der Waals surface area contributed by atoms with Crippen molar-refractivity contribution in [2.24, 2.45) is 0 Å². The Bertz CT molecular complexity index is 112. The third-order valence-electron chi connectivity index (χ3n) is 1.13. The summed E-state index contributed by atoms with van der Waals surface area (Å²) < 4.78 is 10.0. The lowest BCUT2D eigenvalue weighted by Gasteiger charge is -2.11. The van der Waals surface area contributed by atoms with Crippen molar-refractivity contribution in [3.8, 4) is 0 Å². The van der Waals surface area contributed by atoms with Crippen LogP contribution in [0.1, 0.15) is 27.2 Å². The van der Waals surface area contributed by atoms with Gasteiger partial charge in [-0.05, 0) is 13.3 Å². The average molecular weight is 160 g/mol. The largest absolute Gasteiger partial charge is 0.463 e. The van der Waals surface area contributed by atoms with E-state index in [-0.39, 0.29) is 12.1 Å². The maximum atomic E-state index is 10.3. The predicted octanol–water partition coefficient (Wildman–Crippen LogP) is 1.36. The van der Waals surface area contributed by atoms with E-state index in [4.69, 9.17) is 9.47 Å². The van der Waals surface area contributed by atoms with Gasteiger partial charge in [-0.15, -0.1) is 0 Å². The zero-order valence-electron chi connectivity index (χ0n) is 7.42. The first-order valence-corrected chi connectivity index (χ1v) is 3.91. The van der Waals surface area contributed by atoms with Gasteiger partial charge < -0.3 is 9.47 Å². The van der Waals surface area contributed by atoms with Crippen molar-refractivity contribution in [2.45, 2.75) is 33.3 Å². The maximum Gasteiger partial charge on any atom is 0.302 e. The number of rotatable bonds is 5. The summed E-state index contributed by atoms with van der Waals surface area (Å²) in [6.45, 7) is 6.40. The van der Waals surface area contributed by atoms with Crippen LogP contribution < -0.4 is 0 Å². The predicted molar refractivity (Wildman–Crippen MR) is 42.3 cm³/mol. The fourth-order valence-electron chi connectivity index (χ4n) is 0.602. The van der Waals surface area contributed by atoms with E-state index >= 15 is 0 Å². The van der Waals surface area contributed by atoms with Crippen LogP contribution >= 0.6 is 0 Å². The zero-order chi connectivity index (χ0) is 8.69.